The second-order valence-electron chi connectivity index (χ2n) is 4.75. The van der Waals surface area contributed by atoms with Crippen molar-refractivity contribution in [2.75, 3.05) is 6.54 Å². The molecule has 0 aliphatic carbocycles. The maximum absolute atomic E-state index is 3.60. The van der Waals surface area contributed by atoms with Crippen molar-refractivity contribution in [3.05, 3.63) is 20.8 Å². The van der Waals surface area contributed by atoms with Crippen LogP contribution in [0.2, 0.25) is 0 Å². The van der Waals surface area contributed by atoms with Gasteiger partial charge in [0.2, 0.25) is 0 Å². The predicted octanol–water partition coefficient (Wildman–Crippen LogP) is 4.60. The third-order valence-corrected chi connectivity index (χ3v) is 4.94. The molecule has 0 aliphatic rings. The fourth-order valence-electron chi connectivity index (χ4n) is 1.26. The van der Waals surface area contributed by atoms with Crippen LogP contribution in [0, 0.1) is 5.41 Å². The van der Waals surface area contributed by atoms with Gasteiger partial charge in [0.1, 0.15) is 0 Å². The van der Waals surface area contributed by atoms with E-state index in [9.17, 15) is 0 Å². The molecule has 0 bridgehead atoms. The maximum atomic E-state index is 3.60. The van der Waals surface area contributed by atoms with Crippen LogP contribution >= 0.6 is 27.3 Å². The van der Waals surface area contributed by atoms with Crippen molar-refractivity contribution in [2.24, 2.45) is 5.41 Å². The first kappa shape index (κ1) is 13.2. The van der Waals surface area contributed by atoms with E-state index in [1.54, 1.807) is 11.3 Å². The van der Waals surface area contributed by atoms with Gasteiger partial charge >= 0.3 is 0 Å². The lowest BCUT2D eigenvalue weighted by atomic mass is 9.90. The summed E-state index contributed by atoms with van der Waals surface area (Å²) < 4.78 is 1.22. The molecule has 1 nitrogen and oxygen atoms in total. The van der Waals surface area contributed by atoms with E-state index in [1.165, 1.54) is 15.8 Å². The molecule has 15 heavy (non-hydrogen) atoms. The van der Waals surface area contributed by atoms with E-state index in [2.05, 4.69) is 60.4 Å². The molecule has 0 saturated heterocycles. The number of halogens is 1. The van der Waals surface area contributed by atoms with Gasteiger partial charge in [0.15, 0.2) is 0 Å². The molecule has 3 heteroatoms. The van der Waals surface area contributed by atoms with Crippen LogP contribution in [0.1, 0.15) is 45.0 Å². The molecule has 1 aromatic heterocycles. The molecule has 0 amide bonds. The van der Waals surface area contributed by atoms with Crippen molar-refractivity contribution in [1.82, 2.24) is 5.32 Å². The second-order valence-corrected chi connectivity index (χ2v) is 6.56. The Morgan fingerprint density at radius 3 is 2.67 bits per heavy atom. The van der Waals surface area contributed by atoms with Gasteiger partial charge < -0.3 is 5.32 Å². The molecule has 1 atom stereocenters. The molecule has 1 heterocycles. The van der Waals surface area contributed by atoms with Crippen LogP contribution in [0.5, 0.6) is 0 Å². The van der Waals surface area contributed by atoms with Crippen LogP contribution in [0.25, 0.3) is 0 Å². The molecule has 1 rings (SSSR count). The first-order chi connectivity index (χ1) is 6.96. The minimum absolute atomic E-state index is 0.387. The zero-order chi connectivity index (χ0) is 11.5. The van der Waals surface area contributed by atoms with Crippen LogP contribution < -0.4 is 5.32 Å². The highest BCUT2D eigenvalue weighted by Gasteiger charge is 2.17. The summed E-state index contributed by atoms with van der Waals surface area (Å²) in [5.74, 6) is 0. The van der Waals surface area contributed by atoms with Crippen molar-refractivity contribution in [3.8, 4) is 0 Å². The number of hydrogen-bond acceptors (Lipinski definition) is 2. The molecule has 0 fully saturated rings. The second kappa shape index (κ2) is 5.46. The van der Waals surface area contributed by atoms with Gasteiger partial charge in [-0.1, -0.05) is 20.8 Å². The zero-order valence-corrected chi connectivity index (χ0v) is 12.3. The van der Waals surface area contributed by atoms with Gasteiger partial charge in [0, 0.05) is 21.9 Å². The van der Waals surface area contributed by atoms with Gasteiger partial charge in [-0.3, -0.25) is 0 Å². The Morgan fingerprint density at radius 2 is 2.20 bits per heavy atom. The molecule has 1 unspecified atom stereocenters. The quantitative estimate of drug-likeness (QED) is 0.836. The van der Waals surface area contributed by atoms with Crippen LogP contribution in [0.15, 0.2) is 15.9 Å². The molecule has 0 aromatic carbocycles. The van der Waals surface area contributed by atoms with Gasteiger partial charge in [0.25, 0.3) is 0 Å². The van der Waals surface area contributed by atoms with Crippen LogP contribution in [0.3, 0.4) is 0 Å². The van der Waals surface area contributed by atoms with Gasteiger partial charge in [-0.2, -0.15) is 0 Å². The van der Waals surface area contributed by atoms with Gasteiger partial charge in [0.05, 0.1) is 0 Å². The summed E-state index contributed by atoms with van der Waals surface area (Å²) in [6.07, 6.45) is 1.21. The highest BCUT2D eigenvalue weighted by molar-refractivity contribution is 9.10. The van der Waals surface area contributed by atoms with Crippen molar-refractivity contribution < 1.29 is 0 Å². The lowest BCUT2D eigenvalue weighted by Gasteiger charge is -2.25. The summed E-state index contributed by atoms with van der Waals surface area (Å²) in [6, 6.07) is 2.55. The summed E-state index contributed by atoms with van der Waals surface area (Å²) in [7, 11) is 0. The highest BCUT2D eigenvalue weighted by atomic mass is 79.9. The molecule has 0 spiro atoms. The van der Waals surface area contributed by atoms with E-state index in [0.29, 0.717) is 11.5 Å². The van der Waals surface area contributed by atoms with Gasteiger partial charge in [-0.05, 0) is 46.1 Å². The monoisotopic (exact) mass is 289 g/mol. The smallest absolute Gasteiger partial charge is 0.0397 e. The number of nitrogens with one attached hydrogen (secondary N) is 1. The molecule has 0 saturated carbocycles. The summed E-state index contributed by atoms with van der Waals surface area (Å²) >= 11 is 5.38. The largest absolute Gasteiger partial charge is 0.309 e. The van der Waals surface area contributed by atoms with E-state index in [-0.39, 0.29) is 0 Å². The van der Waals surface area contributed by atoms with E-state index < -0.39 is 0 Å². The van der Waals surface area contributed by atoms with E-state index in [1.807, 2.05) is 0 Å². The third kappa shape index (κ3) is 3.89. The SMILES string of the molecule is CCC(C)(C)CNC(C)c1sccc1Br. The van der Waals surface area contributed by atoms with Gasteiger partial charge in [-0.25, -0.2) is 0 Å². The Balaban J connectivity index is 2.50. The average Bonchev–Trinajstić information content (AvgIpc) is 2.61. The molecular weight excluding hydrogens is 270 g/mol. The minimum atomic E-state index is 0.387. The molecular formula is C12H20BrNS. The van der Waals surface area contributed by atoms with Crippen LogP contribution in [-0.4, -0.2) is 6.54 Å². The topological polar surface area (TPSA) is 12.0 Å². The van der Waals surface area contributed by atoms with Crippen LogP contribution in [0.4, 0.5) is 0 Å². The Hall–Kier alpha value is 0.140. The zero-order valence-electron chi connectivity index (χ0n) is 9.93. The molecule has 1 aromatic rings. The first-order valence-electron chi connectivity index (χ1n) is 5.42. The first-order valence-corrected chi connectivity index (χ1v) is 7.10. The standard InChI is InChI=1S/C12H20BrNS/c1-5-12(3,4)8-14-9(2)11-10(13)6-7-15-11/h6-7,9,14H,5,8H2,1-4H3. The molecule has 1 N–H and O–H groups in total. The summed E-state index contributed by atoms with van der Waals surface area (Å²) in [5, 5.41) is 5.72. The van der Waals surface area contributed by atoms with Crippen LogP contribution in [-0.2, 0) is 0 Å². The number of rotatable bonds is 5. The fourth-order valence-corrected chi connectivity index (χ4v) is 3.01. The van der Waals surface area contributed by atoms with Crippen molar-refractivity contribution >= 4 is 27.3 Å². The van der Waals surface area contributed by atoms with E-state index >= 15 is 0 Å². The molecule has 86 valence electrons. The summed E-state index contributed by atoms with van der Waals surface area (Å²) in [6.45, 7) is 10.1. The Morgan fingerprint density at radius 1 is 1.53 bits per heavy atom. The Bertz CT molecular complexity index is 306. The Labute approximate surface area is 105 Å². The number of thiophene rings is 1. The predicted molar refractivity (Wildman–Crippen MR) is 72.5 cm³/mol. The summed E-state index contributed by atoms with van der Waals surface area (Å²) in [4.78, 5) is 1.39. The van der Waals surface area contributed by atoms with E-state index in [4.69, 9.17) is 0 Å². The van der Waals surface area contributed by atoms with E-state index in [0.717, 1.165) is 6.54 Å². The highest BCUT2D eigenvalue weighted by Crippen LogP contribution is 2.29. The van der Waals surface area contributed by atoms with Gasteiger partial charge in [-0.15, -0.1) is 11.3 Å². The Kier molecular flexibility index (Phi) is 4.81. The van der Waals surface area contributed by atoms with Crippen molar-refractivity contribution in [1.29, 1.82) is 0 Å². The third-order valence-electron chi connectivity index (χ3n) is 2.88. The maximum Gasteiger partial charge on any atom is 0.0397 e. The molecule has 0 aliphatic heterocycles. The average molecular weight is 290 g/mol. The lowest BCUT2D eigenvalue weighted by molar-refractivity contribution is 0.314. The fraction of sp³-hybridized carbons (Fsp3) is 0.667. The van der Waals surface area contributed by atoms with Crippen molar-refractivity contribution in [3.63, 3.8) is 0 Å². The van der Waals surface area contributed by atoms with Crippen molar-refractivity contribution in [2.45, 2.75) is 40.2 Å². The lowest BCUT2D eigenvalue weighted by Crippen LogP contribution is -2.30. The normalized spacial score (nSPS) is 14.2. The summed E-state index contributed by atoms with van der Waals surface area (Å²) in [5.41, 5.74) is 0.387. The minimum Gasteiger partial charge on any atom is -0.309 e. The molecule has 0 radical (unpaired) electrons. The number of hydrogen-bond donors (Lipinski definition) is 1.